The fourth-order valence-electron chi connectivity index (χ4n) is 2.20. The number of aryl methyl sites for hydroxylation is 1. The van der Waals surface area contributed by atoms with E-state index in [1.165, 1.54) is 24.0 Å². The molecule has 2 rings (SSSR count). The molecule has 0 saturated heterocycles. The molecular weight excluding hydrogens is 168 g/mol. The first-order valence-corrected chi connectivity index (χ1v) is 5.59. The zero-order chi connectivity index (χ0) is 10.3. The van der Waals surface area contributed by atoms with Gasteiger partial charge < -0.3 is 0 Å². The summed E-state index contributed by atoms with van der Waals surface area (Å²) in [6.45, 7) is 9.09. The van der Waals surface area contributed by atoms with Crippen molar-refractivity contribution in [2.24, 2.45) is 0 Å². The summed E-state index contributed by atoms with van der Waals surface area (Å²) in [4.78, 5) is 0. The molecule has 1 aromatic carbocycles. The van der Waals surface area contributed by atoms with Gasteiger partial charge in [0.2, 0.25) is 0 Å². The predicted molar refractivity (Wildman–Crippen MR) is 61.9 cm³/mol. The van der Waals surface area contributed by atoms with E-state index in [1.54, 1.807) is 5.56 Å². The van der Waals surface area contributed by atoms with Crippen molar-refractivity contribution >= 4 is 0 Å². The highest BCUT2D eigenvalue weighted by molar-refractivity contribution is 5.38. The molecule has 0 radical (unpaired) electrons. The molecule has 0 heterocycles. The Balaban J connectivity index is 2.35. The molecule has 0 heteroatoms. The van der Waals surface area contributed by atoms with Gasteiger partial charge in [-0.15, -0.1) is 0 Å². The van der Waals surface area contributed by atoms with Gasteiger partial charge >= 0.3 is 0 Å². The van der Waals surface area contributed by atoms with Crippen LogP contribution in [0.2, 0.25) is 0 Å². The zero-order valence-corrected chi connectivity index (χ0v) is 9.72. The van der Waals surface area contributed by atoms with Crippen LogP contribution in [-0.2, 0) is 5.41 Å². The van der Waals surface area contributed by atoms with Crippen LogP contribution in [0.3, 0.4) is 0 Å². The largest absolute Gasteiger partial charge is 0.0584 e. The van der Waals surface area contributed by atoms with E-state index >= 15 is 0 Å². The molecule has 1 fully saturated rings. The van der Waals surface area contributed by atoms with Gasteiger partial charge in [-0.2, -0.15) is 0 Å². The molecule has 76 valence electrons. The lowest BCUT2D eigenvalue weighted by atomic mass is 9.83. The lowest BCUT2D eigenvalue weighted by Gasteiger charge is -2.22. The molecule has 1 aliphatic rings. The summed E-state index contributed by atoms with van der Waals surface area (Å²) in [5.74, 6) is 0.878. The first kappa shape index (κ1) is 9.76. The lowest BCUT2D eigenvalue weighted by Crippen LogP contribution is -2.13. The maximum atomic E-state index is 2.39. The van der Waals surface area contributed by atoms with E-state index in [0.29, 0.717) is 0 Å². The molecule has 0 aliphatic heterocycles. The summed E-state index contributed by atoms with van der Waals surface area (Å²) in [6, 6.07) is 7.03. The van der Waals surface area contributed by atoms with Crippen LogP contribution in [0.1, 0.15) is 56.2 Å². The Morgan fingerprint density at radius 2 is 1.79 bits per heavy atom. The van der Waals surface area contributed by atoms with E-state index in [1.807, 2.05) is 0 Å². The average molecular weight is 188 g/mol. The minimum absolute atomic E-state index is 0.284. The quantitative estimate of drug-likeness (QED) is 0.620. The van der Waals surface area contributed by atoms with Crippen molar-refractivity contribution in [3.63, 3.8) is 0 Å². The van der Waals surface area contributed by atoms with Gasteiger partial charge in [-0.1, -0.05) is 39.0 Å². The van der Waals surface area contributed by atoms with Crippen molar-refractivity contribution in [1.29, 1.82) is 0 Å². The summed E-state index contributed by atoms with van der Waals surface area (Å²) in [7, 11) is 0. The van der Waals surface area contributed by atoms with E-state index in [4.69, 9.17) is 0 Å². The molecule has 0 amide bonds. The van der Waals surface area contributed by atoms with E-state index in [2.05, 4.69) is 45.9 Å². The molecule has 1 aliphatic carbocycles. The van der Waals surface area contributed by atoms with Crippen LogP contribution in [0.4, 0.5) is 0 Å². The van der Waals surface area contributed by atoms with Gasteiger partial charge in [0.25, 0.3) is 0 Å². The molecule has 0 aromatic heterocycles. The van der Waals surface area contributed by atoms with Crippen LogP contribution in [0, 0.1) is 6.92 Å². The molecule has 1 saturated carbocycles. The second-order valence-electron chi connectivity index (χ2n) is 5.60. The van der Waals surface area contributed by atoms with Gasteiger partial charge in [0, 0.05) is 0 Å². The van der Waals surface area contributed by atoms with Crippen LogP contribution in [0.25, 0.3) is 0 Å². The molecule has 0 unspecified atom stereocenters. The fraction of sp³-hybridized carbons (Fsp3) is 0.571. The monoisotopic (exact) mass is 188 g/mol. The lowest BCUT2D eigenvalue weighted by molar-refractivity contribution is 0.586. The molecule has 0 nitrogen and oxygen atoms in total. The van der Waals surface area contributed by atoms with Crippen LogP contribution in [0.15, 0.2) is 18.2 Å². The van der Waals surface area contributed by atoms with Crippen LogP contribution < -0.4 is 0 Å². The third kappa shape index (κ3) is 1.84. The third-order valence-corrected chi connectivity index (χ3v) is 3.11. The van der Waals surface area contributed by atoms with Gasteiger partial charge in [0.1, 0.15) is 0 Å². The van der Waals surface area contributed by atoms with Crippen molar-refractivity contribution in [2.75, 3.05) is 0 Å². The highest BCUT2D eigenvalue weighted by Gasteiger charge is 2.24. The Labute approximate surface area is 87.3 Å². The van der Waals surface area contributed by atoms with Crippen molar-refractivity contribution in [3.05, 3.63) is 34.9 Å². The highest BCUT2D eigenvalue weighted by atomic mass is 14.3. The minimum Gasteiger partial charge on any atom is -0.0584 e. The third-order valence-electron chi connectivity index (χ3n) is 3.11. The number of hydrogen-bond acceptors (Lipinski definition) is 0. The molecule has 1 aromatic rings. The van der Waals surface area contributed by atoms with Crippen LogP contribution in [0.5, 0.6) is 0 Å². The summed E-state index contributed by atoms with van der Waals surface area (Å²) in [5.41, 5.74) is 4.78. The van der Waals surface area contributed by atoms with Crippen molar-refractivity contribution in [3.8, 4) is 0 Å². The van der Waals surface area contributed by atoms with E-state index in [9.17, 15) is 0 Å². The van der Waals surface area contributed by atoms with E-state index in [-0.39, 0.29) is 5.41 Å². The summed E-state index contributed by atoms with van der Waals surface area (Å²) in [6.07, 6.45) is 2.79. The molecule has 14 heavy (non-hydrogen) atoms. The summed E-state index contributed by atoms with van der Waals surface area (Å²) in [5, 5.41) is 0. The van der Waals surface area contributed by atoms with Gasteiger partial charge in [0.05, 0.1) is 0 Å². The molecule has 0 N–H and O–H groups in total. The molecular formula is C14H20. The topological polar surface area (TPSA) is 0 Å². The molecule has 0 spiro atoms. The smallest absolute Gasteiger partial charge is 0.0129 e. The first-order valence-electron chi connectivity index (χ1n) is 5.59. The standard InChI is InChI=1S/C14H20/c1-10-9-12(11-5-6-11)7-8-13(10)14(2,3)4/h7-9,11H,5-6H2,1-4H3. The maximum Gasteiger partial charge on any atom is -0.0129 e. The number of rotatable bonds is 1. The molecule has 0 bridgehead atoms. The second-order valence-corrected chi connectivity index (χ2v) is 5.60. The summed E-state index contributed by atoms with van der Waals surface area (Å²) < 4.78 is 0. The molecule has 0 atom stereocenters. The van der Waals surface area contributed by atoms with Gasteiger partial charge in [0.15, 0.2) is 0 Å². The van der Waals surface area contributed by atoms with Gasteiger partial charge in [-0.05, 0) is 47.8 Å². The number of benzene rings is 1. The summed E-state index contributed by atoms with van der Waals surface area (Å²) >= 11 is 0. The van der Waals surface area contributed by atoms with Crippen LogP contribution >= 0.6 is 0 Å². The number of hydrogen-bond donors (Lipinski definition) is 0. The van der Waals surface area contributed by atoms with Crippen molar-refractivity contribution in [2.45, 2.75) is 51.9 Å². The second kappa shape index (κ2) is 3.12. The van der Waals surface area contributed by atoms with Crippen molar-refractivity contribution < 1.29 is 0 Å². The minimum atomic E-state index is 0.284. The van der Waals surface area contributed by atoms with E-state index < -0.39 is 0 Å². The highest BCUT2D eigenvalue weighted by Crippen LogP contribution is 2.41. The van der Waals surface area contributed by atoms with Gasteiger partial charge in [-0.3, -0.25) is 0 Å². The fourth-order valence-corrected chi connectivity index (χ4v) is 2.20. The van der Waals surface area contributed by atoms with Crippen LogP contribution in [-0.4, -0.2) is 0 Å². The Morgan fingerprint density at radius 1 is 1.14 bits per heavy atom. The maximum absolute atomic E-state index is 2.39. The first-order chi connectivity index (χ1) is 6.48. The Hall–Kier alpha value is -0.780. The zero-order valence-electron chi connectivity index (χ0n) is 9.72. The normalized spacial score (nSPS) is 17.1. The Kier molecular flexibility index (Phi) is 2.17. The van der Waals surface area contributed by atoms with Gasteiger partial charge in [-0.25, -0.2) is 0 Å². The van der Waals surface area contributed by atoms with Crippen molar-refractivity contribution in [1.82, 2.24) is 0 Å². The Morgan fingerprint density at radius 3 is 2.21 bits per heavy atom. The van der Waals surface area contributed by atoms with E-state index in [0.717, 1.165) is 5.92 Å². The average Bonchev–Trinajstić information content (AvgIpc) is 2.83. The SMILES string of the molecule is Cc1cc(C2CC2)ccc1C(C)(C)C. The predicted octanol–water partition coefficient (Wildman–Crippen LogP) is 4.17. The Bertz CT molecular complexity index is 338.